The monoisotopic (exact) mass is 246 g/mol. The molecule has 0 aliphatic rings. The number of hydrogen-bond donors (Lipinski definition) is 2. The van der Waals surface area contributed by atoms with Crippen molar-refractivity contribution in [3.63, 3.8) is 0 Å². The first kappa shape index (κ1) is 12.4. The Labute approximate surface area is 99.0 Å². The molecule has 1 unspecified atom stereocenters. The molecule has 0 aliphatic heterocycles. The summed E-state index contributed by atoms with van der Waals surface area (Å²) < 4.78 is 0. The Morgan fingerprint density at radius 3 is 3.07 bits per heavy atom. The predicted octanol–water partition coefficient (Wildman–Crippen LogP) is 2.27. The second kappa shape index (κ2) is 6.02. The number of rotatable bonds is 5. The van der Waals surface area contributed by atoms with E-state index in [0.717, 1.165) is 13.0 Å². The van der Waals surface area contributed by atoms with Gasteiger partial charge in [0.25, 0.3) is 0 Å². The van der Waals surface area contributed by atoms with Crippen LogP contribution < -0.4 is 11.1 Å². The summed E-state index contributed by atoms with van der Waals surface area (Å²) in [5.41, 5.74) is 6.21. The Morgan fingerprint density at radius 1 is 1.67 bits per heavy atom. The summed E-state index contributed by atoms with van der Waals surface area (Å²) in [4.78, 5) is 7.79. The van der Waals surface area contributed by atoms with Crippen molar-refractivity contribution >= 4 is 34.9 Å². The van der Waals surface area contributed by atoms with Crippen molar-refractivity contribution in [2.75, 3.05) is 23.9 Å². The van der Waals surface area contributed by atoms with Crippen LogP contribution in [0.5, 0.6) is 0 Å². The standard InChI is InChI=1S/C9H15ClN4S/c1-6(15-2)3-4-12-8-7(11)5-13-9(10)14-8/h5-6H,3-4,11H2,1-2H3,(H,12,13,14). The van der Waals surface area contributed by atoms with Crippen LogP contribution in [0, 0.1) is 0 Å². The zero-order valence-corrected chi connectivity index (χ0v) is 10.4. The van der Waals surface area contributed by atoms with Crippen LogP contribution in [0.25, 0.3) is 0 Å². The van der Waals surface area contributed by atoms with Crippen molar-refractivity contribution in [3.8, 4) is 0 Å². The molecule has 0 aromatic carbocycles. The van der Waals surface area contributed by atoms with Crippen LogP contribution in [-0.2, 0) is 0 Å². The van der Waals surface area contributed by atoms with Gasteiger partial charge in [0.2, 0.25) is 5.28 Å². The van der Waals surface area contributed by atoms with E-state index >= 15 is 0 Å². The molecule has 0 radical (unpaired) electrons. The van der Waals surface area contributed by atoms with E-state index in [1.165, 1.54) is 6.20 Å². The van der Waals surface area contributed by atoms with Crippen molar-refractivity contribution in [3.05, 3.63) is 11.5 Å². The van der Waals surface area contributed by atoms with E-state index in [1.807, 2.05) is 11.8 Å². The first-order valence-electron chi connectivity index (χ1n) is 4.68. The highest BCUT2D eigenvalue weighted by molar-refractivity contribution is 7.99. The minimum absolute atomic E-state index is 0.213. The van der Waals surface area contributed by atoms with Crippen molar-refractivity contribution in [2.24, 2.45) is 0 Å². The summed E-state index contributed by atoms with van der Waals surface area (Å²) in [6, 6.07) is 0. The van der Waals surface area contributed by atoms with E-state index in [4.69, 9.17) is 17.3 Å². The minimum atomic E-state index is 0.213. The number of aromatic nitrogens is 2. The zero-order chi connectivity index (χ0) is 11.3. The number of nitrogens with one attached hydrogen (secondary N) is 1. The van der Waals surface area contributed by atoms with Gasteiger partial charge in [0.15, 0.2) is 5.82 Å². The fourth-order valence-corrected chi connectivity index (χ4v) is 1.51. The molecular formula is C9H15ClN4S. The topological polar surface area (TPSA) is 63.8 Å². The number of anilines is 2. The lowest BCUT2D eigenvalue weighted by Gasteiger charge is -2.10. The van der Waals surface area contributed by atoms with E-state index in [9.17, 15) is 0 Å². The van der Waals surface area contributed by atoms with Crippen LogP contribution in [0.3, 0.4) is 0 Å². The Morgan fingerprint density at radius 2 is 2.40 bits per heavy atom. The van der Waals surface area contributed by atoms with Gasteiger partial charge in [-0.2, -0.15) is 16.7 Å². The predicted molar refractivity (Wildman–Crippen MR) is 67.5 cm³/mol. The smallest absolute Gasteiger partial charge is 0.224 e. The molecule has 0 saturated carbocycles. The highest BCUT2D eigenvalue weighted by atomic mass is 35.5. The number of nitrogen functional groups attached to an aromatic ring is 1. The van der Waals surface area contributed by atoms with Crippen LogP contribution in [0.15, 0.2) is 6.20 Å². The second-order valence-corrected chi connectivity index (χ2v) is 4.82. The molecule has 1 aromatic rings. The molecular weight excluding hydrogens is 232 g/mol. The van der Waals surface area contributed by atoms with E-state index in [2.05, 4.69) is 28.5 Å². The molecule has 3 N–H and O–H groups in total. The molecule has 4 nitrogen and oxygen atoms in total. The molecule has 0 spiro atoms. The molecule has 6 heteroatoms. The molecule has 1 atom stereocenters. The minimum Gasteiger partial charge on any atom is -0.394 e. The summed E-state index contributed by atoms with van der Waals surface area (Å²) in [7, 11) is 0. The third-order valence-electron chi connectivity index (χ3n) is 2.03. The summed E-state index contributed by atoms with van der Waals surface area (Å²) in [5, 5.41) is 3.98. The van der Waals surface area contributed by atoms with Gasteiger partial charge in [-0.15, -0.1) is 0 Å². The molecule has 1 rings (SSSR count). The fraction of sp³-hybridized carbons (Fsp3) is 0.556. The maximum atomic E-state index is 5.69. The number of nitrogens with two attached hydrogens (primary N) is 1. The largest absolute Gasteiger partial charge is 0.394 e. The normalized spacial score (nSPS) is 12.5. The van der Waals surface area contributed by atoms with Gasteiger partial charge >= 0.3 is 0 Å². The van der Waals surface area contributed by atoms with Gasteiger partial charge in [0.1, 0.15) is 0 Å². The molecule has 1 aromatic heterocycles. The Kier molecular flexibility index (Phi) is 4.98. The number of halogens is 1. The molecule has 84 valence electrons. The Bertz CT molecular complexity index is 321. The van der Waals surface area contributed by atoms with Crippen molar-refractivity contribution in [2.45, 2.75) is 18.6 Å². The molecule has 0 aliphatic carbocycles. The van der Waals surface area contributed by atoms with Gasteiger partial charge in [-0.1, -0.05) is 6.92 Å². The summed E-state index contributed by atoms with van der Waals surface area (Å²) >= 11 is 7.50. The van der Waals surface area contributed by atoms with Crippen molar-refractivity contribution < 1.29 is 0 Å². The maximum Gasteiger partial charge on any atom is 0.224 e. The molecule has 0 saturated heterocycles. The Balaban J connectivity index is 2.46. The third-order valence-corrected chi connectivity index (χ3v) is 3.26. The van der Waals surface area contributed by atoms with Crippen LogP contribution >= 0.6 is 23.4 Å². The maximum absolute atomic E-state index is 5.69. The highest BCUT2D eigenvalue weighted by Crippen LogP contribution is 2.16. The van der Waals surface area contributed by atoms with E-state index in [1.54, 1.807) is 0 Å². The van der Waals surface area contributed by atoms with Crippen LogP contribution in [0.2, 0.25) is 5.28 Å². The lowest BCUT2D eigenvalue weighted by atomic mass is 10.3. The molecule has 15 heavy (non-hydrogen) atoms. The second-order valence-electron chi connectivity index (χ2n) is 3.20. The first-order chi connectivity index (χ1) is 7.13. The van der Waals surface area contributed by atoms with Crippen LogP contribution in [-0.4, -0.2) is 28.0 Å². The third kappa shape index (κ3) is 4.13. The number of thioether (sulfide) groups is 1. The van der Waals surface area contributed by atoms with Gasteiger partial charge in [0.05, 0.1) is 11.9 Å². The van der Waals surface area contributed by atoms with E-state index in [-0.39, 0.29) is 5.28 Å². The molecule has 0 fully saturated rings. The molecule has 1 heterocycles. The number of hydrogen-bond acceptors (Lipinski definition) is 5. The molecule has 0 amide bonds. The van der Waals surface area contributed by atoms with Gasteiger partial charge < -0.3 is 11.1 Å². The van der Waals surface area contributed by atoms with Gasteiger partial charge in [-0.25, -0.2) is 4.98 Å². The fourth-order valence-electron chi connectivity index (χ4n) is 1.02. The SMILES string of the molecule is CSC(C)CCNc1nc(Cl)ncc1N. The Hall–Kier alpha value is -0.680. The summed E-state index contributed by atoms with van der Waals surface area (Å²) in [6.07, 6.45) is 4.67. The van der Waals surface area contributed by atoms with Gasteiger partial charge in [-0.05, 0) is 24.3 Å². The van der Waals surface area contributed by atoms with Gasteiger partial charge in [0, 0.05) is 11.8 Å². The van der Waals surface area contributed by atoms with Crippen LogP contribution in [0.1, 0.15) is 13.3 Å². The van der Waals surface area contributed by atoms with Crippen LogP contribution in [0.4, 0.5) is 11.5 Å². The molecule has 0 bridgehead atoms. The van der Waals surface area contributed by atoms with Crippen molar-refractivity contribution in [1.29, 1.82) is 0 Å². The first-order valence-corrected chi connectivity index (χ1v) is 6.34. The van der Waals surface area contributed by atoms with Gasteiger partial charge in [-0.3, -0.25) is 0 Å². The summed E-state index contributed by atoms with van der Waals surface area (Å²) in [5.74, 6) is 0.614. The highest BCUT2D eigenvalue weighted by Gasteiger charge is 2.03. The van der Waals surface area contributed by atoms with E-state index in [0.29, 0.717) is 16.8 Å². The average molecular weight is 247 g/mol. The lowest BCUT2D eigenvalue weighted by molar-refractivity contribution is 0.849. The zero-order valence-electron chi connectivity index (χ0n) is 8.83. The van der Waals surface area contributed by atoms with E-state index < -0.39 is 0 Å². The average Bonchev–Trinajstić information content (AvgIpc) is 2.23. The van der Waals surface area contributed by atoms with Crippen molar-refractivity contribution in [1.82, 2.24) is 9.97 Å². The summed E-state index contributed by atoms with van der Waals surface area (Å²) in [6.45, 7) is 3.02. The number of nitrogens with zero attached hydrogens (tertiary/aromatic N) is 2. The lowest BCUT2D eigenvalue weighted by Crippen LogP contribution is -2.10. The quantitative estimate of drug-likeness (QED) is 0.781.